The van der Waals surface area contributed by atoms with Gasteiger partial charge < -0.3 is 11.5 Å². The Labute approximate surface area is 144 Å². The van der Waals surface area contributed by atoms with Gasteiger partial charge in [-0.15, -0.1) is 0 Å². The highest BCUT2D eigenvalue weighted by Gasteiger charge is 2.25. The van der Waals surface area contributed by atoms with Crippen molar-refractivity contribution in [1.82, 2.24) is 0 Å². The van der Waals surface area contributed by atoms with Crippen LogP contribution in [0.3, 0.4) is 0 Å². The molecule has 4 N–H and O–H groups in total. The van der Waals surface area contributed by atoms with Gasteiger partial charge in [-0.05, 0) is 18.9 Å². The molecule has 0 radical (unpaired) electrons. The molecule has 0 fully saturated rings. The molecule has 0 aliphatic rings. The van der Waals surface area contributed by atoms with Crippen molar-refractivity contribution < 1.29 is 4.79 Å². The average Bonchev–Trinajstić information content (AvgIpc) is 2.54. The van der Waals surface area contributed by atoms with Crippen molar-refractivity contribution in [3.63, 3.8) is 0 Å². The van der Waals surface area contributed by atoms with E-state index in [1.165, 1.54) is 83.1 Å². The van der Waals surface area contributed by atoms with Crippen LogP contribution in [-0.2, 0) is 4.79 Å². The van der Waals surface area contributed by atoms with Gasteiger partial charge in [0.25, 0.3) is 0 Å². The van der Waals surface area contributed by atoms with Crippen LogP contribution in [0.5, 0.6) is 0 Å². The number of rotatable bonds is 17. The quantitative estimate of drug-likeness (QED) is 0.219. The maximum atomic E-state index is 11.4. The van der Waals surface area contributed by atoms with Crippen LogP contribution in [0.15, 0.2) is 12.7 Å². The largest absolute Gasteiger partial charge is 0.307 e. The molecule has 0 aromatic heterocycles. The van der Waals surface area contributed by atoms with E-state index in [-0.39, 0.29) is 5.78 Å². The highest BCUT2D eigenvalue weighted by Crippen LogP contribution is 2.14. The lowest BCUT2D eigenvalue weighted by Crippen LogP contribution is -2.55. The van der Waals surface area contributed by atoms with Crippen LogP contribution in [0.1, 0.15) is 103 Å². The van der Waals surface area contributed by atoms with Crippen molar-refractivity contribution in [1.29, 1.82) is 0 Å². The molecule has 0 spiro atoms. The van der Waals surface area contributed by atoms with Gasteiger partial charge in [-0.2, -0.15) is 0 Å². The molecule has 0 rings (SSSR count). The summed E-state index contributed by atoms with van der Waals surface area (Å²) in [7, 11) is 0. The van der Waals surface area contributed by atoms with Gasteiger partial charge in [-0.25, -0.2) is 0 Å². The van der Waals surface area contributed by atoms with Crippen molar-refractivity contribution in [3.05, 3.63) is 12.7 Å². The molecule has 0 saturated heterocycles. The molecule has 0 aromatic rings. The third-order valence-electron chi connectivity index (χ3n) is 4.59. The summed E-state index contributed by atoms with van der Waals surface area (Å²) < 4.78 is 0. The van der Waals surface area contributed by atoms with E-state index in [2.05, 4.69) is 13.5 Å². The first-order valence-corrected chi connectivity index (χ1v) is 9.79. The number of hydrogen-bond donors (Lipinski definition) is 2. The minimum atomic E-state index is -1.21. The summed E-state index contributed by atoms with van der Waals surface area (Å²) in [6.45, 7) is 5.70. The first-order valence-electron chi connectivity index (χ1n) is 9.79. The predicted molar refractivity (Wildman–Crippen MR) is 101 cm³/mol. The summed E-state index contributed by atoms with van der Waals surface area (Å²) in [4.78, 5) is 11.4. The van der Waals surface area contributed by atoms with E-state index in [0.717, 1.165) is 12.8 Å². The molecule has 0 amide bonds. The topological polar surface area (TPSA) is 69.1 Å². The highest BCUT2D eigenvalue weighted by atomic mass is 16.1. The highest BCUT2D eigenvalue weighted by molar-refractivity contribution is 5.96. The predicted octanol–water partition coefficient (Wildman–Crippen LogP) is 5.23. The van der Waals surface area contributed by atoms with E-state index in [9.17, 15) is 4.79 Å². The summed E-state index contributed by atoms with van der Waals surface area (Å²) >= 11 is 0. The van der Waals surface area contributed by atoms with Gasteiger partial charge in [-0.3, -0.25) is 4.79 Å². The van der Waals surface area contributed by atoms with E-state index < -0.39 is 5.66 Å². The third-order valence-corrected chi connectivity index (χ3v) is 4.59. The minimum Gasteiger partial charge on any atom is -0.307 e. The Kier molecular flexibility index (Phi) is 14.5. The Bertz CT molecular complexity index is 300. The molecule has 136 valence electrons. The lowest BCUT2D eigenvalue weighted by molar-refractivity contribution is -0.119. The zero-order chi connectivity index (χ0) is 17.4. The van der Waals surface area contributed by atoms with Crippen LogP contribution in [0.2, 0.25) is 0 Å². The van der Waals surface area contributed by atoms with E-state index >= 15 is 0 Å². The molecule has 23 heavy (non-hydrogen) atoms. The van der Waals surface area contributed by atoms with Gasteiger partial charge in [0.15, 0.2) is 5.78 Å². The van der Waals surface area contributed by atoms with E-state index in [1.807, 2.05) is 0 Å². The van der Waals surface area contributed by atoms with Crippen LogP contribution in [0.4, 0.5) is 0 Å². The summed E-state index contributed by atoms with van der Waals surface area (Å²) in [5.74, 6) is -0.257. The second-order valence-corrected chi connectivity index (χ2v) is 6.95. The Morgan fingerprint density at radius 3 is 1.48 bits per heavy atom. The van der Waals surface area contributed by atoms with Crippen molar-refractivity contribution in [2.45, 2.75) is 109 Å². The summed E-state index contributed by atoms with van der Waals surface area (Å²) in [6.07, 6.45) is 20.2. The van der Waals surface area contributed by atoms with Gasteiger partial charge in [0.05, 0.1) is 0 Å². The number of nitrogens with two attached hydrogens (primary N) is 2. The molecule has 3 heteroatoms. The van der Waals surface area contributed by atoms with E-state index in [4.69, 9.17) is 11.5 Å². The van der Waals surface area contributed by atoms with E-state index in [0.29, 0.717) is 6.42 Å². The van der Waals surface area contributed by atoms with Crippen LogP contribution >= 0.6 is 0 Å². The third kappa shape index (κ3) is 13.5. The molecule has 0 atom stereocenters. The minimum absolute atomic E-state index is 0.257. The first-order chi connectivity index (χ1) is 11.0. The van der Waals surface area contributed by atoms with Gasteiger partial charge in [-0.1, -0.05) is 97.0 Å². The fourth-order valence-corrected chi connectivity index (χ4v) is 2.93. The average molecular weight is 325 g/mol. The molecule has 0 unspecified atom stereocenters. The number of unbranched alkanes of at least 4 members (excludes halogenated alkanes) is 13. The SMILES string of the molecule is C=CC(=O)C(N)(N)CCCCCCCCCCCCCCCC. The monoisotopic (exact) mass is 324 g/mol. The zero-order valence-electron chi connectivity index (χ0n) is 15.5. The van der Waals surface area contributed by atoms with Gasteiger partial charge in [0.2, 0.25) is 0 Å². The normalized spacial score (nSPS) is 11.6. The van der Waals surface area contributed by atoms with Crippen molar-refractivity contribution >= 4 is 5.78 Å². The van der Waals surface area contributed by atoms with Crippen LogP contribution < -0.4 is 11.5 Å². The molecule has 0 saturated carbocycles. The number of carbonyl (C=O) groups excluding carboxylic acids is 1. The summed E-state index contributed by atoms with van der Waals surface area (Å²) in [5.41, 5.74) is 10.3. The van der Waals surface area contributed by atoms with Crippen LogP contribution in [0, 0.1) is 0 Å². The van der Waals surface area contributed by atoms with Crippen LogP contribution in [-0.4, -0.2) is 11.4 Å². The molecule has 0 aliphatic heterocycles. The first kappa shape index (κ1) is 22.3. The fourth-order valence-electron chi connectivity index (χ4n) is 2.93. The molecule has 3 nitrogen and oxygen atoms in total. The van der Waals surface area contributed by atoms with Gasteiger partial charge >= 0.3 is 0 Å². The summed E-state index contributed by atoms with van der Waals surface area (Å²) in [6, 6.07) is 0. The van der Waals surface area contributed by atoms with Crippen molar-refractivity contribution in [2.75, 3.05) is 0 Å². The number of carbonyl (C=O) groups is 1. The molecule has 0 bridgehead atoms. The lowest BCUT2D eigenvalue weighted by Gasteiger charge is -2.20. The van der Waals surface area contributed by atoms with Gasteiger partial charge in [0.1, 0.15) is 5.66 Å². The molecule has 0 aliphatic carbocycles. The van der Waals surface area contributed by atoms with Crippen molar-refractivity contribution in [2.24, 2.45) is 11.5 Å². The Hall–Kier alpha value is -0.670. The zero-order valence-corrected chi connectivity index (χ0v) is 15.5. The molecular formula is C20H40N2O. The smallest absolute Gasteiger partial charge is 0.189 e. The van der Waals surface area contributed by atoms with E-state index in [1.54, 1.807) is 0 Å². The van der Waals surface area contributed by atoms with Crippen molar-refractivity contribution in [3.8, 4) is 0 Å². The lowest BCUT2D eigenvalue weighted by atomic mass is 9.98. The number of hydrogen-bond acceptors (Lipinski definition) is 3. The molecule has 0 aromatic carbocycles. The molecule has 0 heterocycles. The second kappa shape index (κ2) is 14.9. The maximum absolute atomic E-state index is 11.4. The maximum Gasteiger partial charge on any atom is 0.189 e. The Balaban J connectivity index is 3.25. The Morgan fingerprint density at radius 2 is 1.13 bits per heavy atom. The standard InChI is InChI=1S/C20H40N2O/c1-3-5-6-7-8-9-10-11-12-13-14-15-16-17-18-20(21,22)19(23)4-2/h4H,2-3,5-18,21-22H2,1H3. The second-order valence-electron chi connectivity index (χ2n) is 6.95. The van der Waals surface area contributed by atoms with Crippen LogP contribution in [0.25, 0.3) is 0 Å². The molecular weight excluding hydrogens is 284 g/mol. The van der Waals surface area contributed by atoms with Gasteiger partial charge in [0, 0.05) is 0 Å². The number of ketones is 1. The fraction of sp³-hybridized carbons (Fsp3) is 0.850. The summed E-state index contributed by atoms with van der Waals surface area (Å²) in [5, 5.41) is 0. The Morgan fingerprint density at radius 1 is 0.783 bits per heavy atom.